The number of hydrogen-bond donors (Lipinski definition) is 3. The van der Waals surface area contributed by atoms with Gasteiger partial charge in [0.15, 0.2) is 0 Å². The molecule has 5 nitrogen and oxygen atoms in total. The van der Waals surface area contributed by atoms with Crippen molar-refractivity contribution in [1.29, 1.82) is 0 Å². The van der Waals surface area contributed by atoms with E-state index in [2.05, 4.69) is 12.2 Å². The summed E-state index contributed by atoms with van der Waals surface area (Å²) in [7, 11) is 0. The van der Waals surface area contributed by atoms with Crippen molar-refractivity contribution < 1.29 is 14.7 Å². The number of rotatable bonds is 11. The van der Waals surface area contributed by atoms with Crippen LogP contribution >= 0.6 is 0 Å². The summed E-state index contributed by atoms with van der Waals surface area (Å²) in [5.74, 6) is -1.02. The smallest absolute Gasteiger partial charge is 0.326 e. The number of amides is 2. The molecule has 0 spiro atoms. The second-order valence-electron chi connectivity index (χ2n) is 4.66. The molecule has 5 heteroatoms. The van der Waals surface area contributed by atoms with Crippen LogP contribution in [0.25, 0.3) is 0 Å². The van der Waals surface area contributed by atoms with E-state index in [1.165, 1.54) is 32.1 Å². The first-order valence-electron chi connectivity index (χ1n) is 6.86. The van der Waals surface area contributed by atoms with E-state index >= 15 is 0 Å². The minimum atomic E-state index is -1.02. The van der Waals surface area contributed by atoms with Crippen LogP contribution in [0.1, 0.15) is 64.7 Å². The number of hydrogen-bond acceptors (Lipinski definition) is 2. The number of unbranched alkanes of at least 4 members (excludes halogenated alkanes) is 7. The van der Waals surface area contributed by atoms with E-state index in [9.17, 15) is 9.59 Å². The van der Waals surface area contributed by atoms with Gasteiger partial charge < -0.3 is 16.2 Å². The second kappa shape index (κ2) is 10.9. The molecule has 2 amide bonds. The molecule has 0 fully saturated rings. The third-order valence-corrected chi connectivity index (χ3v) is 2.96. The van der Waals surface area contributed by atoms with Gasteiger partial charge in [-0.15, -0.1) is 0 Å². The van der Waals surface area contributed by atoms with Crippen LogP contribution in [0.4, 0.5) is 4.79 Å². The Kier molecular flexibility index (Phi) is 10.1. The summed E-state index contributed by atoms with van der Waals surface area (Å²) in [5.41, 5.74) is 4.92. The summed E-state index contributed by atoms with van der Waals surface area (Å²) < 4.78 is 0. The predicted molar refractivity (Wildman–Crippen MR) is 71.4 cm³/mol. The standard InChI is InChI=1S/C13H26N2O3/c1-2-3-4-5-6-7-8-9-10-11(12(16)17)15-13(14)18/h11H,2-10H2,1H3,(H,16,17)(H3,14,15,18). The van der Waals surface area contributed by atoms with Crippen molar-refractivity contribution >= 4 is 12.0 Å². The average Bonchev–Trinajstić information content (AvgIpc) is 2.30. The van der Waals surface area contributed by atoms with Gasteiger partial charge in [-0.25, -0.2) is 9.59 Å². The maximum atomic E-state index is 10.8. The Balaban J connectivity index is 3.49. The Bertz CT molecular complexity index is 244. The number of urea groups is 1. The lowest BCUT2D eigenvalue weighted by Crippen LogP contribution is -2.43. The molecule has 1 atom stereocenters. The van der Waals surface area contributed by atoms with Crippen molar-refractivity contribution in [2.45, 2.75) is 70.8 Å². The summed E-state index contributed by atoms with van der Waals surface area (Å²) >= 11 is 0. The van der Waals surface area contributed by atoms with Crippen molar-refractivity contribution in [2.24, 2.45) is 5.73 Å². The van der Waals surface area contributed by atoms with Crippen LogP contribution in [0.2, 0.25) is 0 Å². The Labute approximate surface area is 109 Å². The van der Waals surface area contributed by atoms with Crippen molar-refractivity contribution in [3.8, 4) is 0 Å². The molecule has 4 N–H and O–H groups in total. The number of primary amides is 1. The Morgan fingerprint density at radius 1 is 1.06 bits per heavy atom. The molecule has 1 unspecified atom stereocenters. The van der Waals surface area contributed by atoms with Crippen LogP contribution in [-0.2, 0) is 4.79 Å². The third-order valence-electron chi connectivity index (χ3n) is 2.96. The summed E-state index contributed by atoms with van der Waals surface area (Å²) in [6.45, 7) is 2.19. The van der Waals surface area contributed by atoms with E-state index in [4.69, 9.17) is 10.8 Å². The van der Waals surface area contributed by atoms with Crippen LogP contribution < -0.4 is 11.1 Å². The zero-order valence-corrected chi connectivity index (χ0v) is 11.3. The van der Waals surface area contributed by atoms with Gasteiger partial charge in [0.25, 0.3) is 0 Å². The molecular weight excluding hydrogens is 232 g/mol. The van der Waals surface area contributed by atoms with Gasteiger partial charge in [0.2, 0.25) is 0 Å². The van der Waals surface area contributed by atoms with Crippen molar-refractivity contribution in [3.63, 3.8) is 0 Å². The molecule has 18 heavy (non-hydrogen) atoms. The quantitative estimate of drug-likeness (QED) is 0.497. The molecule has 0 radical (unpaired) electrons. The molecule has 0 aliphatic carbocycles. The second-order valence-corrected chi connectivity index (χ2v) is 4.66. The molecule has 0 aromatic carbocycles. The van der Waals surface area contributed by atoms with Gasteiger partial charge in [-0.2, -0.15) is 0 Å². The maximum absolute atomic E-state index is 10.8. The molecule has 0 aliphatic heterocycles. The predicted octanol–water partition coefficient (Wildman–Crippen LogP) is 2.64. The van der Waals surface area contributed by atoms with Gasteiger partial charge in [0, 0.05) is 0 Å². The zero-order chi connectivity index (χ0) is 13.8. The van der Waals surface area contributed by atoms with Gasteiger partial charge in [0.05, 0.1) is 0 Å². The number of carboxylic acid groups (broad SMARTS) is 1. The Morgan fingerprint density at radius 3 is 2.00 bits per heavy atom. The summed E-state index contributed by atoms with van der Waals surface area (Å²) in [5, 5.41) is 11.1. The maximum Gasteiger partial charge on any atom is 0.326 e. The van der Waals surface area contributed by atoms with Gasteiger partial charge in [-0.3, -0.25) is 0 Å². The first kappa shape index (κ1) is 16.7. The number of nitrogens with two attached hydrogens (primary N) is 1. The summed E-state index contributed by atoms with van der Waals surface area (Å²) in [4.78, 5) is 21.4. The Morgan fingerprint density at radius 2 is 1.56 bits per heavy atom. The summed E-state index contributed by atoms with van der Waals surface area (Å²) in [6, 6.07) is -1.62. The molecule has 0 rings (SSSR count). The normalized spacial score (nSPS) is 12.1. The van der Waals surface area contributed by atoms with Gasteiger partial charge >= 0.3 is 12.0 Å². The highest BCUT2D eigenvalue weighted by Crippen LogP contribution is 2.10. The van der Waals surface area contributed by atoms with E-state index in [0.29, 0.717) is 6.42 Å². The fraction of sp³-hybridized carbons (Fsp3) is 0.846. The number of carboxylic acids is 1. The molecule has 0 saturated carbocycles. The topological polar surface area (TPSA) is 92.4 Å². The number of carbonyl (C=O) groups is 2. The van der Waals surface area contributed by atoms with E-state index in [0.717, 1.165) is 19.3 Å². The monoisotopic (exact) mass is 258 g/mol. The SMILES string of the molecule is CCCCCCCCCCC(NC(N)=O)C(=O)O. The highest BCUT2D eigenvalue weighted by atomic mass is 16.4. The molecule has 0 bridgehead atoms. The van der Waals surface area contributed by atoms with Crippen LogP contribution in [-0.4, -0.2) is 23.1 Å². The van der Waals surface area contributed by atoms with Crippen LogP contribution in [0.5, 0.6) is 0 Å². The fourth-order valence-corrected chi connectivity index (χ4v) is 1.91. The molecule has 0 aromatic rings. The first-order valence-corrected chi connectivity index (χ1v) is 6.86. The average molecular weight is 258 g/mol. The number of nitrogens with one attached hydrogen (secondary N) is 1. The highest BCUT2D eigenvalue weighted by molar-refractivity contribution is 5.81. The number of aliphatic carboxylic acids is 1. The minimum absolute atomic E-state index is 0.452. The first-order chi connectivity index (χ1) is 8.57. The lowest BCUT2D eigenvalue weighted by molar-refractivity contribution is -0.139. The highest BCUT2D eigenvalue weighted by Gasteiger charge is 2.17. The van der Waals surface area contributed by atoms with E-state index in [1.807, 2.05) is 0 Å². The van der Waals surface area contributed by atoms with Gasteiger partial charge in [0.1, 0.15) is 6.04 Å². The molecule has 0 aromatic heterocycles. The van der Waals surface area contributed by atoms with E-state index in [-0.39, 0.29) is 0 Å². The zero-order valence-electron chi connectivity index (χ0n) is 11.3. The van der Waals surface area contributed by atoms with Gasteiger partial charge in [-0.05, 0) is 6.42 Å². The van der Waals surface area contributed by atoms with Crippen molar-refractivity contribution in [3.05, 3.63) is 0 Å². The molecule has 0 heterocycles. The molecule has 106 valence electrons. The Hall–Kier alpha value is -1.26. The lowest BCUT2D eigenvalue weighted by atomic mass is 10.0. The lowest BCUT2D eigenvalue weighted by Gasteiger charge is -2.12. The fourth-order valence-electron chi connectivity index (χ4n) is 1.91. The van der Waals surface area contributed by atoms with Crippen LogP contribution in [0.3, 0.4) is 0 Å². The van der Waals surface area contributed by atoms with Crippen LogP contribution in [0, 0.1) is 0 Å². The van der Waals surface area contributed by atoms with E-state index in [1.54, 1.807) is 0 Å². The minimum Gasteiger partial charge on any atom is -0.480 e. The molecular formula is C13H26N2O3. The van der Waals surface area contributed by atoms with E-state index < -0.39 is 18.0 Å². The third kappa shape index (κ3) is 9.93. The van der Waals surface area contributed by atoms with Crippen molar-refractivity contribution in [1.82, 2.24) is 5.32 Å². The van der Waals surface area contributed by atoms with Crippen LogP contribution in [0.15, 0.2) is 0 Å². The molecule has 0 saturated heterocycles. The number of carbonyl (C=O) groups excluding carboxylic acids is 1. The van der Waals surface area contributed by atoms with Gasteiger partial charge in [-0.1, -0.05) is 58.3 Å². The largest absolute Gasteiger partial charge is 0.480 e. The van der Waals surface area contributed by atoms with Crippen molar-refractivity contribution in [2.75, 3.05) is 0 Å². The summed E-state index contributed by atoms with van der Waals surface area (Å²) in [6.07, 6.45) is 9.71. The molecule has 0 aliphatic rings.